The van der Waals surface area contributed by atoms with E-state index in [1.54, 1.807) is 18.3 Å². The van der Waals surface area contributed by atoms with Crippen molar-refractivity contribution >= 4 is 6.21 Å². The summed E-state index contributed by atoms with van der Waals surface area (Å²) < 4.78 is 17.8. The van der Waals surface area contributed by atoms with Gasteiger partial charge < -0.3 is 4.74 Å². The molecule has 0 aliphatic heterocycles. The first-order valence-electron chi connectivity index (χ1n) is 4.27. The summed E-state index contributed by atoms with van der Waals surface area (Å²) in [6.45, 7) is 5.80. The van der Waals surface area contributed by atoms with Gasteiger partial charge in [0.1, 0.15) is 18.2 Å². The topological polar surface area (TPSA) is 21.6 Å². The molecule has 0 bridgehead atoms. The van der Waals surface area contributed by atoms with Crippen LogP contribution >= 0.6 is 0 Å². The number of halogens is 1. The highest BCUT2D eigenvalue weighted by molar-refractivity contribution is 5.55. The van der Waals surface area contributed by atoms with Crippen molar-refractivity contribution in [1.82, 2.24) is 0 Å². The summed E-state index contributed by atoms with van der Waals surface area (Å²) in [6, 6.07) is 5.83. The van der Waals surface area contributed by atoms with Gasteiger partial charge in [-0.05, 0) is 31.2 Å². The van der Waals surface area contributed by atoms with Crippen molar-refractivity contribution in [2.45, 2.75) is 6.92 Å². The van der Waals surface area contributed by atoms with E-state index in [4.69, 9.17) is 4.74 Å². The van der Waals surface area contributed by atoms with Gasteiger partial charge in [-0.25, -0.2) is 4.39 Å². The van der Waals surface area contributed by atoms with Crippen LogP contribution in [0.15, 0.2) is 41.5 Å². The zero-order valence-corrected chi connectivity index (χ0v) is 8.03. The van der Waals surface area contributed by atoms with E-state index in [0.29, 0.717) is 18.1 Å². The second-order valence-electron chi connectivity index (χ2n) is 2.70. The molecule has 2 nitrogen and oxygen atoms in total. The monoisotopic (exact) mass is 193 g/mol. The summed E-state index contributed by atoms with van der Waals surface area (Å²) in [7, 11) is 0. The van der Waals surface area contributed by atoms with E-state index in [0.717, 1.165) is 0 Å². The maximum Gasteiger partial charge on any atom is 0.130 e. The van der Waals surface area contributed by atoms with Crippen molar-refractivity contribution in [3.8, 4) is 5.75 Å². The van der Waals surface area contributed by atoms with Gasteiger partial charge in [-0.2, -0.15) is 0 Å². The van der Waals surface area contributed by atoms with Gasteiger partial charge in [0.25, 0.3) is 0 Å². The third-order valence-electron chi connectivity index (χ3n) is 1.53. The molecule has 0 aliphatic carbocycles. The van der Waals surface area contributed by atoms with Crippen molar-refractivity contribution in [2.75, 3.05) is 6.61 Å². The van der Waals surface area contributed by atoms with Gasteiger partial charge in [0.2, 0.25) is 0 Å². The molecule has 0 unspecified atom stereocenters. The van der Waals surface area contributed by atoms with Crippen molar-refractivity contribution < 1.29 is 9.13 Å². The van der Waals surface area contributed by atoms with E-state index in [2.05, 4.69) is 11.6 Å². The van der Waals surface area contributed by atoms with Crippen LogP contribution in [0.2, 0.25) is 0 Å². The minimum Gasteiger partial charge on any atom is -0.487 e. The van der Waals surface area contributed by atoms with Gasteiger partial charge in [0, 0.05) is 6.21 Å². The Balaban J connectivity index is 2.46. The Hall–Kier alpha value is -1.64. The lowest BCUT2D eigenvalue weighted by atomic mass is 10.3. The molecule has 0 aliphatic rings. The molecule has 74 valence electrons. The zero-order chi connectivity index (χ0) is 10.4. The Bertz CT molecular complexity index is 330. The third kappa shape index (κ3) is 3.39. The molecule has 1 aromatic carbocycles. The lowest BCUT2D eigenvalue weighted by Gasteiger charge is -2.04. The number of aliphatic imine (C=N–C) groups is 1. The maximum atomic E-state index is 12.5. The van der Waals surface area contributed by atoms with Crippen LogP contribution in [0.5, 0.6) is 5.75 Å². The van der Waals surface area contributed by atoms with Crippen molar-refractivity contribution in [1.29, 1.82) is 0 Å². The molecule has 0 aromatic heterocycles. The minimum absolute atomic E-state index is 0.275. The SMILES string of the molecule is C=C(COc1ccc(F)cc1)N=CC. The summed E-state index contributed by atoms with van der Waals surface area (Å²) in [4.78, 5) is 3.94. The number of ether oxygens (including phenoxy) is 1. The van der Waals surface area contributed by atoms with Crippen LogP contribution in [-0.4, -0.2) is 12.8 Å². The largest absolute Gasteiger partial charge is 0.487 e. The van der Waals surface area contributed by atoms with Crippen molar-refractivity contribution in [3.63, 3.8) is 0 Å². The Kier molecular flexibility index (Phi) is 3.85. The normalized spacial score (nSPS) is 10.4. The first kappa shape index (κ1) is 10.4. The molecule has 0 atom stereocenters. The summed E-state index contributed by atoms with van der Waals surface area (Å²) >= 11 is 0. The lowest BCUT2D eigenvalue weighted by molar-refractivity contribution is 0.351. The second-order valence-corrected chi connectivity index (χ2v) is 2.70. The smallest absolute Gasteiger partial charge is 0.130 e. The molecule has 0 saturated carbocycles. The molecular formula is C11H12FNO. The first-order chi connectivity index (χ1) is 6.72. The predicted molar refractivity (Wildman–Crippen MR) is 55.2 cm³/mol. The average Bonchev–Trinajstić information content (AvgIpc) is 2.17. The fourth-order valence-electron chi connectivity index (χ4n) is 0.917. The highest BCUT2D eigenvalue weighted by Crippen LogP contribution is 2.11. The molecular weight excluding hydrogens is 181 g/mol. The fraction of sp³-hybridized carbons (Fsp3) is 0.182. The second kappa shape index (κ2) is 5.17. The van der Waals surface area contributed by atoms with E-state index in [-0.39, 0.29) is 5.82 Å². The van der Waals surface area contributed by atoms with Crippen LogP contribution in [0.25, 0.3) is 0 Å². The Morgan fingerprint density at radius 1 is 1.50 bits per heavy atom. The number of hydrogen-bond acceptors (Lipinski definition) is 2. The minimum atomic E-state index is -0.275. The van der Waals surface area contributed by atoms with Crippen LogP contribution in [-0.2, 0) is 0 Å². The predicted octanol–water partition coefficient (Wildman–Crippen LogP) is 2.81. The van der Waals surface area contributed by atoms with Crippen LogP contribution in [0.4, 0.5) is 4.39 Å². The number of rotatable bonds is 4. The van der Waals surface area contributed by atoms with E-state index in [1.165, 1.54) is 12.1 Å². The molecule has 1 rings (SSSR count). The zero-order valence-electron chi connectivity index (χ0n) is 8.03. The number of nitrogens with zero attached hydrogens (tertiary/aromatic N) is 1. The Morgan fingerprint density at radius 3 is 2.71 bits per heavy atom. The first-order valence-corrected chi connectivity index (χ1v) is 4.27. The highest BCUT2D eigenvalue weighted by Gasteiger charge is 1.95. The van der Waals surface area contributed by atoms with E-state index in [9.17, 15) is 4.39 Å². The summed E-state index contributed by atoms with van der Waals surface area (Å²) in [5.41, 5.74) is 0.636. The Morgan fingerprint density at radius 2 is 2.14 bits per heavy atom. The maximum absolute atomic E-state index is 12.5. The quantitative estimate of drug-likeness (QED) is 0.674. The molecule has 1 aromatic rings. The standard InChI is InChI=1S/C11H12FNO/c1-3-13-9(2)8-14-11-6-4-10(12)5-7-11/h3-7H,2,8H2,1H3. The molecule has 14 heavy (non-hydrogen) atoms. The summed E-state index contributed by atoms with van der Waals surface area (Å²) in [6.07, 6.45) is 1.65. The average molecular weight is 193 g/mol. The van der Waals surface area contributed by atoms with Gasteiger partial charge in [0.15, 0.2) is 0 Å². The fourth-order valence-corrected chi connectivity index (χ4v) is 0.917. The van der Waals surface area contributed by atoms with Gasteiger partial charge in [0.05, 0.1) is 5.70 Å². The van der Waals surface area contributed by atoms with Gasteiger partial charge in [-0.1, -0.05) is 6.58 Å². The summed E-state index contributed by atoms with van der Waals surface area (Å²) in [5, 5.41) is 0. The number of benzene rings is 1. The van der Waals surface area contributed by atoms with Crippen LogP contribution in [0, 0.1) is 5.82 Å². The van der Waals surface area contributed by atoms with Crippen molar-refractivity contribution in [3.05, 3.63) is 42.4 Å². The molecule has 3 heteroatoms. The van der Waals surface area contributed by atoms with Gasteiger partial charge in [-0.15, -0.1) is 0 Å². The molecule has 0 radical (unpaired) electrons. The third-order valence-corrected chi connectivity index (χ3v) is 1.53. The van der Waals surface area contributed by atoms with E-state index >= 15 is 0 Å². The van der Waals surface area contributed by atoms with Gasteiger partial charge in [-0.3, -0.25) is 4.99 Å². The molecule has 0 spiro atoms. The molecule has 0 fully saturated rings. The molecule has 0 saturated heterocycles. The van der Waals surface area contributed by atoms with Gasteiger partial charge >= 0.3 is 0 Å². The van der Waals surface area contributed by atoms with E-state index in [1.807, 2.05) is 6.92 Å². The lowest BCUT2D eigenvalue weighted by Crippen LogP contribution is -1.98. The van der Waals surface area contributed by atoms with Crippen LogP contribution < -0.4 is 4.74 Å². The van der Waals surface area contributed by atoms with Crippen LogP contribution in [0.1, 0.15) is 6.92 Å². The van der Waals surface area contributed by atoms with Crippen molar-refractivity contribution in [2.24, 2.45) is 4.99 Å². The molecule has 0 N–H and O–H groups in total. The molecule has 0 amide bonds. The van der Waals surface area contributed by atoms with E-state index < -0.39 is 0 Å². The highest BCUT2D eigenvalue weighted by atomic mass is 19.1. The number of hydrogen-bond donors (Lipinski definition) is 0. The molecule has 0 heterocycles. The van der Waals surface area contributed by atoms with Crippen LogP contribution in [0.3, 0.4) is 0 Å². The Labute approximate surface area is 82.7 Å². The summed E-state index contributed by atoms with van der Waals surface area (Å²) in [5.74, 6) is 0.335.